The number of sulfonamides is 1. The Morgan fingerprint density at radius 3 is 2.35 bits per heavy atom. The summed E-state index contributed by atoms with van der Waals surface area (Å²) in [5.74, 6) is 0. The highest BCUT2D eigenvalue weighted by Gasteiger charge is 2.44. The van der Waals surface area contributed by atoms with Crippen molar-refractivity contribution in [2.75, 3.05) is 0 Å². The molecule has 0 aromatic carbocycles. The van der Waals surface area contributed by atoms with Crippen molar-refractivity contribution in [2.45, 2.75) is 36.6 Å². The average Bonchev–Trinajstić information content (AvgIpc) is 2.64. The van der Waals surface area contributed by atoms with E-state index in [9.17, 15) is 21.6 Å². The van der Waals surface area contributed by atoms with Crippen LogP contribution in [0, 0.1) is 0 Å². The fraction of sp³-hybridized carbons (Fsp3) is 0.556. The monoisotopic (exact) mass is 371 g/mol. The van der Waals surface area contributed by atoms with Gasteiger partial charge in [-0.15, -0.1) is 11.3 Å². The fourth-order valence-electron chi connectivity index (χ4n) is 1.37. The van der Waals surface area contributed by atoms with Gasteiger partial charge in [0.25, 0.3) is 0 Å². The summed E-state index contributed by atoms with van der Waals surface area (Å²) in [7, 11) is -4.30. The highest BCUT2D eigenvalue weighted by molar-refractivity contribution is 7.89. The maximum Gasteiger partial charge on any atom is 0.415 e. The average molecular weight is 372 g/mol. The Bertz CT molecular complexity index is 573. The molecule has 2 unspecified atom stereocenters. The quantitative estimate of drug-likeness (QED) is 0.835. The molecule has 0 aliphatic heterocycles. The van der Waals surface area contributed by atoms with Gasteiger partial charge in [-0.1, -0.05) is 30.1 Å². The van der Waals surface area contributed by atoms with Crippen LogP contribution in [0.3, 0.4) is 0 Å². The van der Waals surface area contributed by atoms with Gasteiger partial charge >= 0.3 is 6.18 Å². The zero-order valence-corrected chi connectivity index (χ0v) is 13.1. The number of aliphatic hydroxyl groups is 1. The van der Waals surface area contributed by atoms with Gasteiger partial charge in [-0.2, -0.15) is 13.2 Å². The third-order valence-corrected chi connectivity index (χ3v) is 5.62. The van der Waals surface area contributed by atoms with E-state index in [0.717, 1.165) is 17.4 Å². The van der Waals surface area contributed by atoms with Crippen molar-refractivity contribution in [3.63, 3.8) is 0 Å². The first-order valence-electron chi connectivity index (χ1n) is 5.21. The summed E-state index contributed by atoms with van der Waals surface area (Å²) in [5.41, 5.74) is 0. The molecule has 0 bridgehead atoms. The van der Waals surface area contributed by atoms with E-state index in [1.807, 2.05) is 0 Å². The first kappa shape index (κ1) is 18.0. The van der Waals surface area contributed by atoms with Crippen molar-refractivity contribution in [2.24, 2.45) is 0 Å². The Kier molecular flexibility index (Phi) is 5.73. The molecule has 1 rings (SSSR count). The minimum atomic E-state index is -4.93. The van der Waals surface area contributed by atoms with E-state index in [4.69, 9.17) is 28.3 Å². The molecule has 4 nitrogen and oxygen atoms in total. The molecule has 0 aliphatic carbocycles. The Hall–Kier alpha value is -0.0600. The van der Waals surface area contributed by atoms with Crippen molar-refractivity contribution >= 4 is 44.6 Å². The van der Waals surface area contributed by atoms with Crippen molar-refractivity contribution < 1.29 is 26.7 Å². The molecule has 0 aliphatic rings. The summed E-state index contributed by atoms with van der Waals surface area (Å²) in [6.45, 7) is 1.31. The maximum atomic E-state index is 12.4. The predicted octanol–water partition coefficient (Wildman–Crippen LogP) is 3.04. The number of hydrogen-bond acceptors (Lipinski definition) is 4. The number of nitrogens with one attached hydrogen (secondary N) is 1. The molecule has 116 valence electrons. The summed E-state index contributed by atoms with van der Waals surface area (Å²) < 4.78 is 62.8. The van der Waals surface area contributed by atoms with Crippen molar-refractivity contribution in [3.8, 4) is 0 Å². The second-order valence-electron chi connectivity index (χ2n) is 3.81. The van der Waals surface area contributed by atoms with Crippen molar-refractivity contribution in [1.29, 1.82) is 0 Å². The van der Waals surface area contributed by atoms with E-state index in [-0.39, 0.29) is 15.1 Å². The third kappa shape index (κ3) is 4.22. The van der Waals surface area contributed by atoms with Gasteiger partial charge in [0.15, 0.2) is 6.10 Å². The first-order valence-corrected chi connectivity index (χ1v) is 8.26. The SMILES string of the molecule is CCC(NS(=O)(=O)c1cc(Cl)sc1Cl)C(O)C(F)(F)F. The van der Waals surface area contributed by atoms with E-state index in [1.165, 1.54) is 6.92 Å². The van der Waals surface area contributed by atoms with E-state index < -0.39 is 33.2 Å². The summed E-state index contributed by atoms with van der Waals surface area (Å²) in [5, 5.41) is 9.12. The molecule has 2 N–H and O–H groups in total. The van der Waals surface area contributed by atoms with E-state index in [0.29, 0.717) is 0 Å². The molecule has 11 heteroatoms. The van der Waals surface area contributed by atoms with Crippen molar-refractivity contribution in [3.05, 3.63) is 14.7 Å². The number of alkyl halides is 3. The predicted molar refractivity (Wildman–Crippen MR) is 70.8 cm³/mol. The smallest absolute Gasteiger partial charge is 0.382 e. The summed E-state index contributed by atoms with van der Waals surface area (Å²) in [6.07, 6.45) is -8.00. The molecule has 0 radical (unpaired) electrons. The molecule has 1 aromatic heterocycles. The summed E-state index contributed by atoms with van der Waals surface area (Å²) >= 11 is 12.0. The molecular formula is C9H10Cl2F3NO3S2. The van der Waals surface area contributed by atoms with Gasteiger partial charge in [-0.05, 0) is 12.5 Å². The Morgan fingerprint density at radius 2 is 2.00 bits per heavy atom. The van der Waals surface area contributed by atoms with Crippen LogP contribution in [0.15, 0.2) is 11.0 Å². The van der Waals surface area contributed by atoms with Gasteiger partial charge in [0.05, 0.1) is 10.4 Å². The molecule has 2 atom stereocenters. The zero-order valence-electron chi connectivity index (χ0n) is 9.91. The second-order valence-corrected chi connectivity index (χ2v) is 7.78. The van der Waals surface area contributed by atoms with Crippen LogP contribution in [0.2, 0.25) is 8.67 Å². The van der Waals surface area contributed by atoms with E-state index >= 15 is 0 Å². The lowest BCUT2D eigenvalue weighted by Gasteiger charge is -2.24. The van der Waals surface area contributed by atoms with Gasteiger partial charge in [0.2, 0.25) is 10.0 Å². The second kappa shape index (κ2) is 6.37. The number of halogens is 5. The number of rotatable bonds is 5. The molecule has 0 fully saturated rings. The normalized spacial score (nSPS) is 16.1. The maximum absolute atomic E-state index is 12.4. The highest BCUT2D eigenvalue weighted by Crippen LogP contribution is 2.34. The van der Waals surface area contributed by atoms with Gasteiger partial charge in [-0.3, -0.25) is 0 Å². The summed E-state index contributed by atoms with van der Waals surface area (Å²) in [4.78, 5) is -0.415. The minimum Gasteiger partial charge on any atom is -0.382 e. The number of aliphatic hydroxyl groups excluding tert-OH is 1. The Morgan fingerprint density at radius 1 is 1.45 bits per heavy atom. The number of hydrogen-bond donors (Lipinski definition) is 2. The van der Waals surface area contributed by atoms with Gasteiger partial charge in [0.1, 0.15) is 9.23 Å². The van der Waals surface area contributed by atoms with Crippen LogP contribution in [-0.2, 0) is 10.0 Å². The third-order valence-electron chi connectivity index (χ3n) is 2.38. The topological polar surface area (TPSA) is 66.4 Å². The van der Waals surface area contributed by atoms with Gasteiger partial charge in [0, 0.05) is 0 Å². The molecule has 1 aromatic rings. The Labute approximate surface area is 127 Å². The molecule has 20 heavy (non-hydrogen) atoms. The molecule has 0 amide bonds. The fourth-order valence-corrected chi connectivity index (χ4v) is 4.84. The van der Waals surface area contributed by atoms with Crippen LogP contribution in [0.5, 0.6) is 0 Å². The lowest BCUT2D eigenvalue weighted by Crippen LogP contribution is -2.49. The van der Waals surface area contributed by atoms with Crippen LogP contribution in [0.25, 0.3) is 0 Å². The molecule has 0 saturated carbocycles. The summed E-state index contributed by atoms with van der Waals surface area (Å²) in [6, 6.07) is -0.682. The molecule has 0 spiro atoms. The standard InChI is InChI=1S/C9H10Cl2F3NO3S2/c1-2-4(7(16)9(12,13)14)15-20(17,18)5-3-6(10)19-8(5)11/h3-4,7,15-16H,2H2,1H3. The first-order chi connectivity index (χ1) is 8.99. The van der Waals surface area contributed by atoms with Crippen LogP contribution in [0.4, 0.5) is 13.2 Å². The zero-order chi connectivity index (χ0) is 15.7. The van der Waals surface area contributed by atoms with Crippen LogP contribution in [-0.4, -0.2) is 31.8 Å². The van der Waals surface area contributed by atoms with Gasteiger partial charge < -0.3 is 5.11 Å². The van der Waals surface area contributed by atoms with Gasteiger partial charge in [-0.25, -0.2) is 13.1 Å². The molecular weight excluding hydrogens is 362 g/mol. The largest absolute Gasteiger partial charge is 0.415 e. The van der Waals surface area contributed by atoms with E-state index in [2.05, 4.69) is 0 Å². The van der Waals surface area contributed by atoms with Crippen LogP contribution < -0.4 is 4.72 Å². The number of thiophene rings is 1. The Balaban J connectivity index is 3.03. The van der Waals surface area contributed by atoms with E-state index in [1.54, 1.807) is 4.72 Å². The van der Waals surface area contributed by atoms with Crippen molar-refractivity contribution in [1.82, 2.24) is 4.72 Å². The van der Waals surface area contributed by atoms with Crippen LogP contribution in [0.1, 0.15) is 13.3 Å². The molecule has 1 heterocycles. The lowest BCUT2D eigenvalue weighted by molar-refractivity contribution is -0.210. The van der Waals surface area contributed by atoms with Crippen LogP contribution >= 0.6 is 34.5 Å². The lowest BCUT2D eigenvalue weighted by atomic mass is 10.1. The highest BCUT2D eigenvalue weighted by atomic mass is 35.5. The molecule has 0 saturated heterocycles. The minimum absolute atomic E-state index is 0.0831.